The Labute approximate surface area is 186 Å². The number of nitrogens with zero attached hydrogens (tertiary/aromatic N) is 3. The molecule has 4 rings (SSSR count). The van der Waals surface area contributed by atoms with Gasteiger partial charge in [0.25, 0.3) is 11.7 Å². The topological polar surface area (TPSA) is 84.7 Å². The van der Waals surface area contributed by atoms with E-state index in [1.807, 2.05) is 42.0 Å². The molecule has 2 aromatic carbocycles. The smallest absolute Gasteiger partial charge is 0.295 e. The summed E-state index contributed by atoms with van der Waals surface area (Å²) < 4.78 is 7.10. The minimum Gasteiger partial charge on any atom is -0.507 e. The van der Waals surface area contributed by atoms with Crippen LogP contribution in [0.3, 0.4) is 0 Å². The number of hydrogen-bond donors (Lipinski definition) is 1. The van der Waals surface area contributed by atoms with Gasteiger partial charge in [-0.2, -0.15) is 0 Å². The number of rotatable bonds is 7. The first-order valence-corrected chi connectivity index (χ1v) is 10.4. The summed E-state index contributed by atoms with van der Waals surface area (Å²) in [5.41, 5.74) is 2.42. The van der Waals surface area contributed by atoms with Crippen molar-refractivity contribution in [1.82, 2.24) is 14.5 Å². The van der Waals surface area contributed by atoms with Crippen molar-refractivity contribution >= 4 is 17.4 Å². The van der Waals surface area contributed by atoms with Crippen LogP contribution in [-0.2, 0) is 16.1 Å². The molecule has 1 amide bonds. The number of carbonyl (C=O) groups excluding carboxylic acids is 2. The zero-order valence-electron chi connectivity index (χ0n) is 18.1. The van der Waals surface area contributed by atoms with Gasteiger partial charge in [-0.3, -0.25) is 9.59 Å². The van der Waals surface area contributed by atoms with Crippen molar-refractivity contribution in [3.63, 3.8) is 0 Å². The van der Waals surface area contributed by atoms with Crippen LogP contribution in [-0.4, -0.2) is 44.9 Å². The van der Waals surface area contributed by atoms with Crippen LogP contribution < -0.4 is 4.74 Å². The molecule has 1 aliphatic heterocycles. The van der Waals surface area contributed by atoms with E-state index in [0.717, 1.165) is 11.1 Å². The Morgan fingerprint density at radius 1 is 1.06 bits per heavy atom. The van der Waals surface area contributed by atoms with E-state index in [2.05, 4.69) is 4.98 Å². The number of amides is 1. The monoisotopic (exact) mass is 431 g/mol. The number of carbonyl (C=O) groups is 2. The van der Waals surface area contributed by atoms with Gasteiger partial charge >= 0.3 is 0 Å². The van der Waals surface area contributed by atoms with Crippen LogP contribution in [0.2, 0.25) is 0 Å². The first kappa shape index (κ1) is 21.4. The summed E-state index contributed by atoms with van der Waals surface area (Å²) in [6.07, 6.45) is 5.92. The van der Waals surface area contributed by atoms with Crippen LogP contribution in [0, 0.1) is 6.92 Å². The van der Waals surface area contributed by atoms with Gasteiger partial charge in [0.05, 0.1) is 25.1 Å². The number of aryl methyl sites for hydroxylation is 2. The lowest BCUT2D eigenvalue weighted by Crippen LogP contribution is -2.31. The molecule has 1 aromatic heterocycles. The molecule has 1 saturated heterocycles. The van der Waals surface area contributed by atoms with Crippen LogP contribution in [0.15, 0.2) is 72.8 Å². The Kier molecular flexibility index (Phi) is 6.07. The maximum absolute atomic E-state index is 13.0. The number of benzene rings is 2. The highest BCUT2D eigenvalue weighted by Gasteiger charge is 2.45. The first-order chi connectivity index (χ1) is 15.5. The van der Waals surface area contributed by atoms with Crippen molar-refractivity contribution in [3.05, 3.63) is 89.5 Å². The minimum absolute atomic E-state index is 0.103. The molecule has 0 radical (unpaired) electrons. The molecule has 164 valence electrons. The number of aliphatic hydroxyl groups is 1. The van der Waals surface area contributed by atoms with E-state index in [9.17, 15) is 14.7 Å². The molecule has 0 unspecified atom stereocenters. The number of aliphatic hydroxyl groups excluding tert-OH is 1. The van der Waals surface area contributed by atoms with Crippen LogP contribution in [0.25, 0.3) is 5.76 Å². The Bertz CT molecular complexity index is 1130. The summed E-state index contributed by atoms with van der Waals surface area (Å²) in [5.74, 6) is -0.826. The van der Waals surface area contributed by atoms with E-state index in [-0.39, 0.29) is 11.3 Å². The summed E-state index contributed by atoms with van der Waals surface area (Å²) in [4.78, 5) is 31.6. The molecule has 0 spiro atoms. The average Bonchev–Trinajstić information content (AvgIpc) is 3.41. The van der Waals surface area contributed by atoms with Crippen molar-refractivity contribution in [2.75, 3.05) is 13.7 Å². The molecule has 1 aliphatic rings. The second-order valence-corrected chi connectivity index (χ2v) is 7.79. The molecule has 0 bridgehead atoms. The first-order valence-electron chi connectivity index (χ1n) is 10.4. The van der Waals surface area contributed by atoms with Crippen LogP contribution in [0.4, 0.5) is 0 Å². The van der Waals surface area contributed by atoms with Crippen molar-refractivity contribution in [2.24, 2.45) is 0 Å². The largest absolute Gasteiger partial charge is 0.507 e. The quantitative estimate of drug-likeness (QED) is 0.350. The highest BCUT2D eigenvalue weighted by atomic mass is 16.5. The van der Waals surface area contributed by atoms with Crippen molar-refractivity contribution in [3.8, 4) is 5.75 Å². The predicted molar refractivity (Wildman–Crippen MR) is 120 cm³/mol. The maximum atomic E-state index is 13.0. The lowest BCUT2D eigenvalue weighted by Gasteiger charge is -2.25. The number of Topliss-reactive ketones (excluding diaryl/α,β-unsaturated/α-hetero) is 1. The molecule has 7 heteroatoms. The molecule has 0 saturated carbocycles. The van der Waals surface area contributed by atoms with Crippen molar-refractivity contribution in [2.45, 2.75) is 25.9 Å². The summed E-state index contributed by atoms with van der Waals surface area (Å²) in [6.45, 7) is 3.02. The second kappa shape index (κ2) is 9.09. The minimum atomic E-state index is -0.675. The Hall–Kier alpha value is -3.87. The van der Waals surface area contributed by atoms with E-state index < -0.39 is 17.7 Å². The molecule has 3 aromatic rings. The average molecular weight is 431 g/mol. The van der Waals surface area contributed by atoms with E-state index in [4.69, 9.17) is 4.74 Å². The van der Waals surface area contributed by atoms with E-state index in [1.165, 1.54) is 0 Å². The molecule has 32 heavy (non-hydrogen) atoms. The summed E-state index contributed by atoms with van der Waals surface area (Å²) >= 11 is 0. The fourth-order valence-corrected chi connectivity index (χ4v) is 3.95. The van der Waals surface area contributed by atoms with Gasteiger partial charge in [0.2, 0.25) is 0 Å². The van der Waals surface area contributed by atoms with Gasteiger partial charge in [0.1, 0.15) is 11.5 Å². The van der Waals surface area contributed by atoms with Crippen LogP contribution in [0.1, 0.15) is 29.2 Å². The van der Waals surface area contributed by atoms with Crippen molar-refractivity contribution in [1.29, 1.82) is 0 Å². The molecular formula is C25H25N3O4. The molecule has 1 N–H and O–H groups in total. The standard InChI is InChI=1S/C25H25N3O4/c1-17-4-6-18(7-5-17)22-21(23(29)19-8-10-20(32-2)11-9-19)24(30)25(31)28(22)14-3-13-27-15-12-26-16-27/h4-12,15-16,22,29H,3,13-14H2,1-2H3/t22-/m0/s1. The maximum Gasteiger partial charge on any atom is 0.295 e. The van der Waals surface area contributed by atoms with Crippen LogP contribution in [0.5, 0.6) is 5.75 Å². The number of aromatic nitrogens is 2. The van der Waals surface area contributed by atoms with Gasteiger partial charge < -0.3 is 19.3 Å². The zero-order valence-corrected chi connectivity index (χ0v) is 18.1. The summed E-state index contributed by atoms with van der Waals surface area (Å²) in [7, 11) is 1.56. The fraction of sp³-hybridized carbons (Fsp3) is 0.240. The number of ketones is 1. The van der Waals surface area contributed by atoms with Gasteiger partial charge in [-0.25, -0.2) is 4.98 Å². The van der Waals surface area contributed by atoms with Gasteiger partial charge in [0.15, 0.2) is 0 Å². The van der Waals surface area contributed by atoms with Crippen molar-refractivity contribution < 1.29 is 19.4 Å². The molecule has 1 fully saturated rings. The third-order valence-corrected chi connectivity index (χ3v) is 5.67. The lowest BCUT2D eigenvalue weighted by molar-refractivity contribution is -0.139. The van der Waals surface area contributed by atoms with Gasteiger partial charge in [-0.1, -0.05) is 29.8 Å². The predicted octanol–water partition coefficient (Wildman–Crippen LogP) is 3.71. The van der Waals surface area contributed by atoms with Gasteiger partial charge in [0, 0.05) is 31.0 Å². The van der Waals surface area contributed by atoms with E-state index in [0.29, 0.717) is 30.8 Å². The lowest BCUT2D eigenvalue weighted by atomic mass is 9.94. The third kappa shape index (κ3) is 4.14. The number of likely N-dealkylation sites (tertiary alicyclic amines) is 1. The summed E-state index contributed by atoms with van der Waals surface area (Å²) in [6, 6.07) is 13.8. The Balaban J connectivity index is 1.71. The molecule has 7 nitrogen and oxygen atoms in total. The SMILES string of the molecule is COc1ccc(C(O)=C2C(=O)C(=O)N(CCCn3ccnc3)[C@H]2c2ccc(C)cc2)cc1. The highest BCUT2D eigenvalue weighted by molar-refractivity contribution is 6.46. The zero-order chi connectivity index (χ0) is 22.7. The fourth-order valence-electron chi connectivity index (χ4n) is 3.95. The van der Waals surface area contributed by atoms with E-state index in [1.54, 1.807) is 48.8 Å². The van der Waals surface area contributed by atoms with Gasteiger partial charge in [-0.15, -0.1) is 0 Å². The Morgan fingerprint density at radius 3 is 2.41 bits per heavy atom. The second-order valence-electron chi connectivity index (χ2n) is 7.79. The molecule has 1 atom stereocenters. The summed E-state index contributed by atoms with van der Waals surface area (Å²) in [5, 5.41) is 11.1. The number of hydrogen-bond acceptors (Lipinski definition) is 5. The molecular weight excluding hydrogens is 406 g/mol. The molecule has 0 aliphatic carbocycles. The van der Waals surface area contributed by atoms with Gasteiger partial charge in [-0.05, 0) is 43.2 Å². The highest BCUT2D eigenvalue weighted by Crippen LogP contribution is 2.39. The molecule has 2 heterocycles. The number of methoxy groups -OCH3 is 1. The number of ether oxygens (including phenoxy) is 1. The van der Waals surface area contributed by atoms with E-state index >= 15 is 0 Å². The normalized spacial score (nSPS) is 17.7. The number of imidazole rings is 1. The Morgan fingerprint density at radius 2 is 1.78 bits per heavy atom. The van der Waals surface area contributed by atoms with Crippen LogP contribution >= 0.6 is 0 Å². The third-order valence-electron chi connectivity index (χ3n) is 5.67.